The third-order valence-electron chi connectivity index (χ3n) is 1.92. The van der Waals surface area contributed by atoms with Crippen molar-refractivity contribution in [3.63, 3.8) is 0 Å². The second kappa shape index (κ2) is 5.75. The number of para-hydroxylation sites is 1. The standard InChI is InChI=1S/C11H12N2O3/c1-8(15)10(7-14)13-12-9-5-3-4-6-11(9)16-2/h3-7,10H,1-2H3. The van der Waals surface area contributed by atoms with Crippen LogP contribution in [-0.2, 0) is 9.59 Å². The van der Waals surface area contributed by atoms with Gasteiger partial charge in [-0.15, -0.1) is 0 Å². The molecule has 16 heavy (non-hydrogen) atoms. The van der Waals surface area contributed by atoms with Gasteiger partial charge in [-0.1, -0.05) is 12.1 Å². The molecule has 0 radical (unpaired) electrons. The topological polar surface area (TPSA) is 68.1 Å². The predicted molar refractivity (Wildman–Crippen MR) is 58.0 cm³/mol. The molecule has 0 aromatic heterocycles. The van der Waals surface area contributed by atoms with Crippen molar-refractivity contribution in [2.24, 2.45) is 10.2 Å². The van der Waals surface area contributed by atoms with Crippen LogP contribution in [0, 0.1) is 0 Å². The number of carbonyl (C=O) groups excluding carboxylic acids is 2. The average molecular weight is 220 g/mol. The Balaban J connectivity index is 2.90. The zero-order valence-electron chi connectivity index (χ0n) is 9.08. The van der Waals surface area contributed by atoms with Gasteiger partial charge in [-0.3, -0.25) is 4.79 Å². The van der Waals surface area contributed by atoms with Crippen LogP contribution in [0.5, 0.6) is 5.75 Å². The molecule has 0 N–H and O–H groups in total. The molecule has 0 aliphatic carbocycles. The molecule has 5 nitrogen and oxygen atoms in total. The Morgan fingerprint density at radius 1 is 1.44 bits per heavy atom. The molecule has 0 saturated carbocycles. The Morgan fingerprint density at radius 3 is 2.69 bits per heavy atom. The third-order valence-corrected chi connectivity index (χ3v) is 1.92. The number of aldehydes is 1. The number of hydrogen-bond acceptors (Lipinski definition) is 5. The highest BCUT2D eigenvalue weighted by atomic mass is 16.5. The predicted octanol–water partition coefficient (Wildman–Crippen LogP) is 1.94. The Kier molecular flexibility index (Phi) is 4.32. The van der Waals surface area contributed by atoms with E-state index >= 15 is 0 Å². The van der Waals surface area contributed by atoms with Gasteiger partial charge < -0.3 is 9.53 Å². The molecule has 84 valence electrons. The van der Waals surface area contributed by atoms with E-state index in [4.69, 9.17) is 4.74 Å². The first-order valence-corrected chi connectivity index (χ1v) is 4.68. The molecule has 0 bridgehead atoms. The van der Waals surface area contributed by atoms with Gasteiger partial charge in [0.2, 0.25) is 0 Å². The fourth-order valence-corrected chi connectivity index (χ4v) is 1.04. The van der Waals surface area contributed by atoms with Gasteiger partial charge in [-0.05, 0) is 19.1 Å². The van der Waals surface area contributed by atoms with Crippen LogP contribution >= 0.6 is 0 Å². The molecule has 0 aliphatic heterocycles. The summed E-state index contributed by atoms with van der Waals surface area (Å²) in [5, 5.41) is 7.47. The second-order valence-corrected chi connectivity index (χ2v) is 3.08. The number of hydrogen-bond donors (Lipinski definition) is 0. The summed E-state index contributed by atoms with van der Waals surface area (Å²) < 4.78 is 5.04. The molecular formula is C11H12N2O3. The molecule has 0 aliphatic rings. The number of ether oxygens (including phenoxy) is 1. The largest absolute Gasteiger partial charge is 0.494 e. The maximum atomic E-state index is 10.9. The number of ketones is 1. The summed E-state index contributed by atoms with van der Waals surface area (Å²) in [5.41, 5.74) is 0.484. The summed E-state index contributed by atoms with van der Waals surface area (Å²) in [5.74, 6) is 0.202. The number of nitrogens with zero attached hydrogens (tertiary/aromatic N) is 2. The van der Waals surface area contributed by atoms with E-state index in [1.54, 1.807) is 24.3 Å². The summed E-state index contributed by atoms with van der Waals surface area (Å²) in [6, 6.07) is 5.92. The normalized spacial score (nSPS) is 12.4. The number of rotatable bonds is 5. The van der Waals surface area contributed by atoms with E-state index in [0.717, 1.165) is 0 Å². The highest BCUT2D eigenvalue weighted by molar-refractivity contribution is 5.95. The Hall–Kier alpha value is -2.04. The molecule has 0 saturated heterocycles. The summed E-state index contributed by atoms with van der Waals surface area (Å²) in [7, 11) is 1.51. The first kappa shape index (κ1) is 12.0. The summed E-state index contributed by atoms with van der Waals surface area (Å²) in [6.45, 7) is 1.29. The van der Waals surface area contributed by atoms with E-state index in [-0.39, 0.29) is 5.78 Å². The molecule has 1 aromatic rings. The number of benzene rings is 1. The van der Waals surface area contributed by atoms with Crippen molar-refractivity contribution in [2.75, 3.05) is 7.11 Å². The van der Waals surface area contributed by atoms with Crippen LogP contribution < -0.4 is 4.74 Å². The van der Waals surface area contributed by atoms with E-state index in [1.165, 1.54) is 14.0 Å². The molecule has 0 amide bonds. The first-order chi connectivity index (χ1) is 7.69. The average Bonchev–Trinajstić information content (AvgIpc) is 2.30. The Labute approximate surface area is 93.1 Å². The lowest BCUT2D eigenvalue weighted by Crippen LogP contribution is -2.15. The highest BCUT2D eigenvalue weighted by Crippen LogP contribution is 2.26. The number of carbonyl (C=O) groups is 2. The minimum Gasteiger partial charge on any atom is -0.494 e. The molecular weight excluding hydrogens is 208 g/mol. The SMILES string of the molecule is COc1ccccc1N=NC(C=O)C(C)=O. The smallest absolute Gasteiger partial charge is 0.184 e. The van der Waals surface area contributed by atoms with Gasteiger partial charge in [0.15, 0.2) is 18.1 Å². The van der Waals surface area contributed by atoms with E-state index in [2.05, 4.69) is 10.2 Å². The van der Waals surface area contributed by atoms with Gasteiger partial charge in [0.1, 0.15) is 11.4 Å². The van der Waals surface area contributed by atoms with Crippen molar-refractivity contribution in [1.82, 2.24) is 0 Å². The van der Waals surface area contributed by atoms with Crippen molar-refractivity contribution in [3.05, 3.63) is 24.3 Å². The minimum atomic E-state index is -1.04. The highest BCUT2D eigenvalue weighted by Gasteiger charge is 2.11. The molecule has 1 atom stereocenters. The van der Waals surface area contributed by atoms with Crippen molar-refractivity contribution >= 4 is 17.8 Å². The van der Waals surface area contributed by atoms with Crippen LogP contribution in [0.25, 0.3) is 0 Å². The fourth-order valence-electron chi connectivity index (χ4n) is 1.04. The zero-order chi connectivity index (χ0) is 12.0. The fraction of sp³-hybridized carbons (Fsp3) is 0.273. The van der Waals surface area contributed by atoms with Crippen LogP contribution in [0.3, 0.4) is 0 Å². The van der Waals surface area contributed by atoms with E-state index in [1.807, 2.05) is 0 Å². The molecule has 0 fully saturated rings. The number of Topliss-reactive ketones (excluding diaryl/α,β-unsaturated/α-hetero) is 1. The van der Waals surface area contributed by atoms with Gasteiger partial charge >= 0.3 is 0 Å². The lowest BCUT2D eigenvalue weighted by Gasteiger charge is -2.02. The number of methoxy groups -OCH3 is 1. The minimum absolute atomic E-state index is 0.339. The molecule has 1 unspecified atom stereocenters. The van der Waals surface area contributed by atoms with Gasteiger partial charge in [-0.25, -0.2) is 0 Å². The van der Waals surface area contributed by atoms with E-state index < -0.39 is 6.04 Å². The summed E-state index contributed by atoms with van der Waals surface area (Å²) >= 11 is 0. The third kappa shape index (κ3) is 2.98. The van der Waals surface area contributed by atoms with Gasteiger partial charge in [0.05, 0.1) is 7.11 Å². The maximum absolute atomic E-state index is 10.9. The monoisotopic (exact) mass is 220 g/mol. The van der Waals surface area contributed by atoms with Crippen LogP contribution in [0.1, 0.15) is 6.92 Å². The lowest BCUT2D eigenvalue weighted by atomic mass is 10.2. The van der Waals surface area contributed by atoms with Gasteiger partial charge in [0, 0.05) is 0 Å². The van der Waals surface area contributed by atoms with Crippen molar-refractivity contribution < 1.29 is 14.3 Å². The number of azo groups is 1. The quantitative estimate of drug-likeness (QED) is 0.432. The van der Waals surface area contributed by atoms with Crippen LogP contribution in [-0.4, -0.2) is 25.2 Å². The summed E-state index contributed by atoms with van der Waals surface area (Å²) in [4.78, 5) is 21.5. The molecule has 5 heteroatoms. The van der Waals surface area contributed by atoms with Gasteiger partial charge in [-0.2, -0.15) is 10.2 Å². The van der Waals surface area contributed by atoms with E-state index in [9.17, 15) is 9.59 Å². The Bertz CT molecular complexity index is 415. The molecule has 0 spiro atoms. The van der Waals surface area contributed by atoms with Crippen LogP contribution in [0.15, 0.2) is 34.5 Å². The summed E-state index contributed by atoms with van der Waals surface area (Å²) in [6.07, 6.45) is 0.460. The maximum Gasteiger partial charge on any atom is 0.184 e. The van der Waals surface area contributed by atoms with Gasteiger partial charge in [0.25, 0.3) is 0 Å². The zero-order valence-corrected chi connectivity index (χ0v) is 9.08. The second-order valence-electron chi connectivity index (χ2n) is 3.08. The first-order valence-electron chi connectivity index (χ1n) is 4.68. The van der Waals surface area contributed by atoms with Crippen molar-refractivity contribution in [2.45, 2.75) is 13.0 Å². The van der Waals surface area contributed by atoms with Crippen LogP contribution in [0.2, 0.25) is 0 Å². The van der Waals surface area contributed by atoms with Crippen LogP contribution in [0.4, 0.5) is 5.69 Å². The molecule has 1 rings (SSSR count). The van der Waals surface area contributed by atoms with Crippen molar-refractivity contribution in [1.29, 1.82) is 0 Å². The molecule has 1 aromatic carbocycles. The molecule has 0 heterocycles. The Morgan fingerprint density at radius 2 is 2.12 bits per heavy atom. The lowest BCUT2D eigenvalue weighted by molar-refractivity contribution is -0.122. The van der Waals surface area contributed by atoms with Crippen molar-refractivity contribution in [3.8, 4) is 5.75 Å². The van der Waals surface area contributed by atoms with E-state index in [0.29, 0.717) is 17.7 Å².